The molecule has 1 heterocycles. The highest BCUT2D eigenvalue weighted by molar-refractivity contribution is 5.94. The Morgan fingerprint density at radius 1 is 1.09 bits per heavy atom. The fourth-order valence-electron chi connectivity index (χ4n) is 3.60. The maximum absolute atomic E-state index is 13.1. The lowest BCUT2D eigenvalue weighted by Crippen LogP contribution is -2.59. The van der Waals surface area contributed by atoms with Crippen LogP contribution in [0.1, 0.15) is 45.4 Å². The number of carboxylic acid groups (broad SMARTS) is 1. The van der Waals surface area contributed by atoms with Gasteiger partial charge in [0, 0.05) is 19.5 Å². The van der Waals surface area contributed by atoms with E-state index < -0.39 is 59.9 Å². The molecular formula is C20H36N8O7. The second-order valence-corrected chi connectivity index (χ2v) is 8.38. The first kappa shape index (κ1) is 29.6. The van der Waals surface area contributed by atoms with Crippen LogP contribution in [-0.4, -0.2) is 94.0 Å². The van der Waals surface area contributed by atoms with Gasteiger partial charge in [-0.1, -0.05) is 0 Å². The summed E-state index contributed by atoms with van der Waals surface area (Å²) in [6.07, 6.45) is -0.441. The Hall–Kier alpha value is -3.46. The highest BCUT2D eigenvalue weighted by Gasteiger charge is 2.38. The molecule has 5 unspecified atom stereocenters. The summed E-state index contributed by atoms with van der Waals surface area (Å²) in [7, 11) is 0. The van der Waals surface area contributed by atoms with Gasteiger partial charge in [-0.05, 0) is 39.0 Å². The van der Waals surface area contributed by atoms with Gasteiger partial charge in [-0.15, -0.1) is 0 Å². The Kier molecular flexibility index (Phi) is 11.9. The molecule has 5 atom stereocenters. The van der Waals surface area contributed by atoms with Crippen molar-refractivity contribution in [2.75, 3.05) is 13.1 Å². The smallest absolute Gasteiger partial charge is 0.326 e. The van der Waals surface area contributed by atoms with Crippen molar-refractivity contribution in [2.45, 2.75) is 75.7 Å². The Balaban J connectivity index is 2.98. The molecule has 0 radical (unpaired) electrons. The molecular weight excluding hydrogens is 464 g/mol. The van der Waals surface area contributed by atoms with E-state index in [2.05, 4.69) is 15.6 Å². The predicted octanol–water partition coefficient (Wildman–Crippen LogP) is -3.94. The van der Waals surface area contributed by atoms with Gasteiger partial charge in [0.1, 0.15) is 18.1 Å². The Labute approximate surface area is 202 Å². The van der Waals surface area contributed by atoms with E-state index in [0.29, 0.717) is 6.42 Å². The Morgan fingerprint density at radius 2 is 1.74 bits per heavy atom. The molecule has 1 rings (SSSR count). The number of rotatable bonds is 14. The molecule has 0 spiro atoms. The quantitative estimate of drug-likeness (QED) is 0.0651. The monoisotopic (exact) mass is 500 g/mol. The molecule has 12 N–H and O–H groups in total. The van der Waals surface area contributed by atoms with Crippen LogP contribution in [0.2, 0.25) is 0 Å². The van der Waals surface area contributed by atoms with Crippen LogP contribution < -0.4 is 33.6 Å². The number of aliphatic imine (C=N–C) groups is 1. The summed E-state index contributed by atoms with van der Waals surface area (Å²) < 4.78 is 0. The van der Waals surface area contributed by atoms with E-state index in [0.717, 1.165) is 0 Å². The van der Waals surface area contributed by atoms with E-state index >= 15 is 0 Å². The van der Waals surface area contributed by atoms with Crippen molar-refractivity contribution in [3.8, 4) is 0 Å². The Morgan fingerprint density at radius 3 is 2.29 bits per heavy atom. The average molecular weight is 501 g/mol. The molecule has 198 valence electrons. The highest BCUT2D eigenvalue weighted by atomic mass is 16.4. The molecule has 0 aromatic heterocycles. The number of amides is 4. The number of carbonyl (C=O) groups excluding carboxylic acids is 4. The standard InChI is InChI=1S/C20H36N8O7/c1-10(29)15(27-16(31)11(21)6-7-14(22)30)17(32)26-12(4-2-8-25-20(23)24)18(33)28-9-3-5-13(28)19(34)35/h10-13,15,29H,2-9,21H2,1H3,(H2,22,30)(H,26,32)(H,27,31)(H,34,35)(H4,23,24,25). The van der Waals surface area contributed by atoms with Crippen LogP contribution in [-0.2, 0) is 24.0 Å². The van der Waals surface area contributed by atoms with E-state index in [9.17, 15) is 34.2 Å². The number of nitrogens with two attached hydrogens (primary N) is 4. The lowest BCUT2D eigenvalue weighted by Gasteiger charge is -2.29. The van der Waals surface area contributed by atoms with Crippen molar-refractivity contribution in [3.63, 3.8) is 0 Å². The van der Waals surface area contributed by atoms with Crippen LogP contribution in [0.25, 0.3) is 0 Å². The summed E-state index contributed by atoms with van der Waals surface area (Å²) in [6, 6.07) is -4.80. The van der Waals surface area contributed by atoms with Gasteiger partial charge in [-0.25, -0.2) is 4.79 Å². The number of hydrogen-bond acceptors (Lipinski definition) is 8. The molecule has 4 amide bonds. The number of likely N-dealkylation sites (tertiary alicyclic amines) is 1. The van der Waals surface area contributed by atoms with Crippen molar-refractivity contribution >= 4 is 35.6 Å². The van der Waals surface area contributed by atoms with E-state index in [1.807, 2.05) is 0 Å². The molecule has 15 heteroatoms. The predicted molar refractivity (Wildman–Crippen MR) is 124 cm³/mol. The maximum Gasteiger partial charge on any atom is 0.326 e. The summed E-state index contributed by atoms with van der Waals surface area (Å²) in [6.45, 7) is 1.63. The van der Waals surface area contributed by atoms with Crippen LogP contribution in [0.5, 0.6) is 0 Å². The summed E-state index contributed by atoms with van der Waals surface area (Å²) in [5.41, 5.74) is 21.3. The van der Waals surface area contributed by atoms with Gasteiger partial charge >= 0.3 is 5.97 Å². The van der Waals surface area contributed by atoms with Gasteiger partial charge in [0.2, 0.25) is 23.6 Å². The molecule has 1 saturated heterocycles. The average Bonchev–Trinajstić information content (AvgIpc) is 3.26. The topological polar surface area (TPSA) is 270 Å². The number of nitrogens with zero attached hydrogens (tertiary/aromatic N) is 2. The molecule has 0 aromatic carbocycles. The minimum atomic E-state index is -1.47. The second kappa shape index (κ2) is 14.1. The zero-order valence-electron chi connectivity index (χ0n) is 19.7. The van der Waals surface area contributed by atoms with Crippen molar-refractivity contribution < 1.29 is 34.2 Å². The van der Waals surface area contributed by atoms with Gasteiger partial charge in [-0.3, -0.25) is 24.2 Å². The molecule has 0 aromatic rings. The van der Waals surface area contributed by atoms with E-state index in [1.54, 1.807) is 0 Å². The Bertz CT molecular complexity index is 815. The molecule has 1 fully saturated rings. The van der Waals surface area contributed by atoms with Gasteiger partial charge in [0.25, 0.3) is 0 Å². The molecule has 0 saturated carbocycles. The number of carbonyl (C=O) groups is 5. The SMILES string of the molecule is CC(O)C(NC(=O)C(N)CCC(N)=O)C(=O)NC(CCCN=C(N)N)C(=O)N1CCCC1C(=O)O. The third-order valence-corrected chi connectivity index (χ3v) is 5.48. The molecule has 15 nitrogen and oxygen atoms in total. The summed E-state index contributed by atoms with van der Waals surface area (Å²) in [5, 5.41) is 24.3. The van der Waals surface area contributed by atoms with Crippen LogP contribution in [0.4, 0.5) is 0 Å². The lowest BCUT2D eigenvalue weighted by molar-refractivity contribution is -0.149. The molecule has 1 aliphatic heterocycles. The van der Waals surface area contributed by atoms with Crippen LogP contribution >= 0.6 is 0 Å². The zero-order chi connectivity index (χ0) is 26.7. The van der Waals surface area contributed by atoms with Gasteiger partial charge in [0.05, 0.1) is 12.1 Å². The third kappa shape index (κ3) is 9.74. The fourth-order valence-corrected chi connectivity index (χ4v) is 3.60. The number of primary amides is 1. The number of aliphatic hydroxyl groups excluding tert-OH is 1. The van der Waals surface area contributed by atoms with Gasteiger partial charge in [-0.2, -0.15) is 0 Å². The van der Waals surface area contributed by atoms with Crippen molar-refractivity contribution in [1.29, 1.82) is 0 Å². The number of hydrogen-bond donors (Lipinski definition) is 8. The van der Waals surface area contributed by atoms with Crippen LogP contribution in [0, 0.1) is 0 Å². The summed E-state index contributed by atoms with van der Waals surface area (Å²) >= 11 is 0. The van der Waals surface area contributed by atoms with E-state index in [4.69, 9.17) is 22.9 Å². The minimum absolute atomic E-state index is 0.0627. The number of guanidine groups is 1. The summed E-state index contributed by atoms with van der Waals surface area (Å²) in [4.78, 5) is 65.9. The first-order chi connectivity index (χ1) is 16.3. The number of nitrogens with one attached hydrogen (secondary N) is 2. The largest absolute Gasteiger partial charge is 0.480 e. The second-order valence-electron chi connectivity index (χ2n) is 8.38. The van der Waals surface area contributed by atoms with Crippen molar-refractivity contribution in [2.24, 2.45) is 27.9 Å². The summed E-state index contributed by atoms with van der Waals surface area (Å²) in [5.74, 6) is -4.23. The first-order valence-corrected chi connectivity index (χ1v) is 11.3. The molecule has 1 aliphatic rings. The lowest BCUT2D eigenvalue weighted by atomic mass is 10.1. The van der Waals surface area contributed by atoms with Crippen molar-refractivity contribution in [1.82, 2.24) is 15.5 Å². The normalized spacial score (nSPS) is 18.6. The van der Waals surface area contributed by atoms with E-state index in [-0.39, 0.29) is 51.2 Å². The van der Waals surface area contributed by atoms with Gasteiger partial charge in [0.15, 0.2) is 5.96 Å². The van der Waals surface area contributed by atoms with Crippen LogP contribution in [0.15, 0.2) is 4.99 Å². The highest BCUT2D eigenvalue weighted by Crippen LogP contribution is 2.19. The maximum atomic E-state index is 13.1. The third-order valence-electron chi connectivity index (χ3n) is 5.48. The number of carboxylic acids is 1. The molecule has 0 bridgehead atoms. The van der Waals surface area contributed by atoms with Gasteiger partial charge < -0.3 is 48.7 Å². The van der Waals surface area contributed by atoms with Crippen LogP contribution in [0.3, 0.4) is 0 Å². The molecule has 35 heavy (non-hydrogen) atoms. The first-order valence-electron chi connectivity index (χ1n) is 11.3. The van der Waals surface area contributed by atoms with E-state index in [1.165, 1.54) is 11.8 Å². The minimum Gasteiger partial charge on any atom is -0.480 e. The molecule has 0 aliphatic carbocycles. The van der Waals surface area contributed by atoms with Crippen molar-refractivity contribution in [3.05, 3.63) is 0 Å². The fraction of sp³-hybridized carbons (Fsp3) is 0.700. The zero-order valence-corrected chi connectivity index (χ0v) is 19.7. The number of aliphatic carboxylic acids is 1. The number of aliphatic hydroxyl groups is 1.